The van der Waals surface area contributed by atoms with Gasteiger partial charge in [-0.15, -0.1) is 0 Å². The molecule has 0 aliphatic carbocycles. The fourth-order valence-electron chi connectivity index (χ4n) is 5.48. The molecule has 5 N–H and O–H groups in total. The first kappa shape index (κ1) is 26.9. The number of benzene rings is 4. The number of aromatic amines is 2. The maximum Gasteiger partial charge on any atom is 0.107 e. The second kappa shape index (κ2) is 12.5. The van der Waals surface area contributed by atoms with Crippen LogP contribution >= 0.6 is 0 Å². The van der Waals surface area contributed by atoms with Crippen molar-refractivity contribution in [2.24, 2.45) is 5.73 Å². The molecule has 208 valence electrons. The number of nitrogens with one attached hydrogen (secondary N) is 3. The molecule has 0 saturated carbocycles. The molecule has 0 radical (unpaired) electrons. The van der Waals surface area contributed by atoms with Gasteiger partial charge in [0.05, 0.1) is 22.9 Å². The van der Waals surface area contributed by atoms with Crippen molar-refractivity contribution >= 4 is 21.8 Å². The molecule has 0 spiro atoms. The van der Waals surface area contributed by atoms with Gasteiger partial charge in [0.15, 0.2) is 0 Å². The van der Waals surface area contributed by atoms with Crippen molar-refractivity contribution in [3.05, 3.63) is 96.7 Å². The molecule has 0 aliphatic rings. The van der Waals surface area contributed by atoms with Crippen molar-refractivity contribution in [3.8, 4) is 33.5 Å². The molecule has 0 atom stereocenters. The van der Waals surface area contributed by atoms with Crippen LogP contribution in [-0.4, -0.2) is 40.1 Å². The summed E-state index contributed by atoms with van der Waals surface area (Å²) in [5, 5.41) is 5.66. The van der Waals surface area contributed by atoms with E-state index in [-0.39, 0.29) is 0 Å². The molecule has 0 amide bonds. The third-order valence-electron chi connectivity index (χ3n) is 7.82. The quantitative estimate of drug-likeness (QED) is 0.122. The molecular formula is C35H38N6. The third kappa shape index (κ3) is 6.24. The molecule has 6 nitrogen and oxygen atoms in total. The highest BCUT2D eigenvalue weighted by Crippen LogP contribution is 2.31. The summed E-state index contributed by atoms with van der Waals surface area (Å²) >= 11 is 0. The van der Waals surface area contributed by atoms with Gasteiger partial charge in [-0.3, -0.25) is 0 Å². The summed E-state index contributed by atoms with van der Waals surface area (Å²) in [5.74, 6) is 2.09. The van der Waals surface area contributed by atoms with Crippen LogP contribution in [0.3, 0.4) is 0 Å². The molecule has 41 heavy (non-hydrogen) atoms. The van der Waals surface area contributed by atoms with Crippen molar-refractivity contribution < 1.29 is 0 Å². The van der Waals surface area contributed by atoms with Gasteiger partial charge in [-0.05, 0) is 109 Å². The number of fused-ring (bicyclic) bond motifs is 2. The molecule has 0 aliphatic heterocycles. The summed E-state index contributed by atoms with van der Waals surface area (Å²) in [6.07, 6.45) is 8.22. The molecule has 4 aromatic carbocycles. The van der Waals surface area contributed by atoms with E-state index in [1.54, 1.807) is 0 Å². The number of H-pyrrole nitrogens is 2. The van der Waals surface area contributed by atoms with Gasteiger partial charge in [0.25, 0.3) is 0 Å². The van der Waals surface area contributed by atoms with Gasteiger partial charge in [0.1, 0.15) is 11.6 Å². The lowest BCUT2D eigenvalue weighted by Gasteiger charge is -2.08. The average molecular weight is 543 g/mol. The van der Waals surface area contributed by atoms with Crippen LogP contribution in [0.5, 0.6) is 0 Å². The summed E-state index contributed by atoms with van der Waals surface area (Å²) in [7, 11) is 1.99. The van der Waals surface area contributed by atoms with E-state index in [9.17, 15) is 0 Å². The third-order valence-corrected chi connectivity index (χ3v) is 7.82. The Balaban J connectivity index is 1.20. The zero-order chi connectivity index (χ0) is 28.0. The predicted molar refractivity (Wildman–Crippen MR) is 171 cm³/mol. The van der Waals surface area contributed by atoms with Crippen LogP contribution < -0.4 is 11.1 Å². The summed E-state index contributed by atoms with van der Waals surface area (Å²) in [5.41, 5.74) is 14.8. The van der Waals surface area contributed by atoms with Crippen LogP contribution in [0.25, 0.3) is 55.3 Å². The normalized spacial score (nSPS) is 11.6. The lowest BCUT2D eigenvalue weighted by atomic mass is 9.97. The number of hydrogen-bond acceptors (Lipinski definition) is 4. The van der Waals surface area contributed by atoms with Crippen molar-refractivity contribution in [2.75, 3.05) is 20.1 Å². The number of aromatic nitrogens is 4. The zero-order valence-electron chi connectivity index (χ0n) is 23.7. The molecule has 6 aromatic rings. The van der Waals surface area contributed by atoms with Gasteiger partial charge in [-0.25, -0.2) is 9.97 Å². The van der Waals surface area contributed by atoms with Crippen LogP contribution in [0, 0.1) is 0 Å². The standard InChI is InChI=1S/C35H38N6/c1-37-19-5-3-6-34-38-23-33(41-34)26-12-8-24(9-13-26)27-14-10-25-11-15-28(21-30(25)20-27)29-16-17-31-32(22-29)40-35(39-31)7-2-4-18-36/h8-17,20-23,37H,2-7,18-19,36H2,1H3,(H,38,41)(H,39,40). The number of unbranched alkanes of at least 4 members (excludes halogenated alkanes) is 2. The Kier molecular flexibility index (Phi) is 8.21. The van der Waals surface area contributed by atoms with E-state index in [0.29, 0.717) is 0 Å². The second-order valence-electron chi connectivity index (χ2n) is 10.8. The maximum absolute atomic E-state index is 5.65. The molecule has 6 heteroatoms. The Bertz CT molecular complexity index is 1740. The molecule has 0 fully saturated rings. The van der Waals surface area contributed by atoms with Crippen LogP contribution in [0.4, 0.5) is 0 Å². The van der Waals surface area contributed by atoms with Gasteiger partial charge in [0.2, 0.25) is 0 Å². The fourth-order valence-corrected chi connectivity index (χ4v) is 5.48. The molecule has 0 unspecified atom stereocenters. The molecular weight excluding hydrogens is 504 g/mol. The van der Waals surface area contributed by atoms with Crippen LogP contribution in [-0.2, 0) is 12.8 Å². The average Bonchev–Trinajstić information content (AvgIpc) is 3.65. The van der Waals surface area contributed by atoms with Crippen molar-refractivity contribution in [1.29, 1.82) is 0 Å². The minimum Gasteiger partial charge on any atom is -0.342 e. The van der Waals surface area contributed by atoms with Crippen molar-refractivity contribution in [1.82, 2.24) is 25.3 Å². The van der Waals surface area contributed by atoms with Gasteiger partial charge in [-0.2, -0.15) is 0 Å². The van der Waals surface area contributed by atoms with E-state index in [0.717, 1.165) is 85.6 Å². The molecule has 6 rings (SSSR count). The van der Waals surface area contributed by atoms with E-state index >= 15 is 0 Å². The Hall–Kier alpha value is -4.26. The number of imidazole rings is 2. The number of nitrogens with zero attached hydrogens (tertiary/aromatic N) is 2. The Labute approximate surface area is 241 Å². The van der Waals surface area contributed by atoms with Crippen molar-refractivity contribution in [3.63, 3.8) is 0 Å². The number of rotatable bonds is 12. The highest BCUT2D eigenvalue weighted by atomic mass is 14.9. The van der Waals surface area contributed by atoms with Gasteiger partial charge < -0.3 is 21.0 Å². The molecule has 0 bridgehead atoms. The van der Waals surface area contributed by atoms with Crippen molar-refractivity contribution in [2.45, 2.75) is 38.5 Å². The lowest BCUT2D eigenvalue weighted by Crippen LogP contribution is -2.07. The Morgan fingerprint density at radius 2 is 1.32 bits per heavy atom. The number of hydrogen-bond donors (Lipinski definition) is 4. The fraction of sp³-hybridized carbons (Fsp3) is 0.257. The minimum absolute atomic E-state index is 0.725. The summed E-state index contributed by atoms with van der Waals surface area (Å²) in [6.45, 7) is 1.77. The van der Waals surface area contributed by atoms with Crippen LogP contribution in [0.15, 0.2) is 85.1 Å². The summed E-state index contributed by atoms with van der Waals surface area (Å²) in [4.78, 5) is 16.3. The summed E-state index contributed by atoms with van der Waals surface area (Å²) < 4.78 is 0. The Morgan fingerprint density at radius 1 is 0.659 bits per heavy atom. The number of aryl methyl sites for hydroxylation is 2. The second-order valence-corrected chi connectivity index (χ2v) is 10.8. The highest BCUT2D eigenvalue weighted by molar-refractivity contribution is 5.92. The first-order valence-electron chi connectivity index (χ1n) is 14.7. The van der Waals surface area contributed by atoms with Crippen LogP contribution in [0.1, 0.15) is 37.3 Å². The highest BCUT2D eigenvalue weighted by Gasteiger charge is 2.08. The topological polar surface area (TPSA) is 95.4 Å². The van der Waals surface area contributed by atoms with Gasteiger partial charge in [0, 0.05) is 12.8 Å². The minimum atomic E-state index is 0.725. The van der Waals surface area contributed by atoms with Crippen LogP contribution in [0.2, 0.25) is 0 Å². The first-order valence-corrected chi connectivity index (χ1v) is 14.7. The van der Waals surface area contributed by atoms with E-state index in [2.05, 4.69) is 99.1 Å². The predicted octanol–water partition coefficient (Wildman–Crippen LogP) is 7.26. The Morgan fingerprint density at radius 3 is 2.10 bits per heavy atom. The molecule has 2 aromatic heterocycles. The molecule has 2 heterocycles. The lowest BCUT2D eigenvalue weighted by molar-refractivity contribution is 0.666. The van der Waals surface area contributed by atoms with Gasteiger partial charge >= 0.3 is 0 Å². The summed E-state index contributed by atoms with van der Waals surface area (Å²) in [6, 6.07) is 28.7. The largest absolute Gasteiger partial charge is 0.342 e. The van der Waals surface area contributed by atoms with E-state index in [4.69, 9.17) is 10.7 Å². The maximum atomic E-state index is 5.65. The van der Waals surface area contributed by atoms with E-state index in [1.165, 1.54) is 33.0 Å². The smallest absolute Gasteiger partial charge is 0.107 e. The van der Waals surface area contributed by atoms with E-state index < -0.39 is 0 Å². The molecule has 0 saturated heterocycles. The SMILES string of the molecule is CNCCCCc1ncc(-c2ccc(-c3ccc4ccc(-c5ccc6nc(CCCCN)[nH]c6c5)cc4c3)cc2)[nH]1. The van der Waals surface area contributed by atoms with Gasteiger partial charge in [-0.1, -0.05) is 54.6 Å². The monoisotopic (exact) mass is 542 g/mol. The zero-order valence-corrected chi connectivity index (χ0v) is 23.7. The first-order chi connectivity index (χ1) is 20.2. The number of nitrogens with two attached hydrogens (primary N) is 1. The van der Waals surface area contributed by atoms with E-state index in [1.807, 2.05) is 13.2 Å².